The number of H-pyrrole nitrogens is 1. The van der Waals surface area contributed by atoms with Crippen molar-refractivity contribution in [3.63, 3.8) is 0 Å². The van der Waals surface area contributed by atoms with Crippen molar-refractivity contribution in [3.05, 3.63) is 66.4 Å². The van der Waals surface area contributed by atoms with Crippen LogP contribution in [0.4, 0.5) is 0 Å². The molecule has 2 aromatic rings. The van der Waals surface area contributed by atoms with Gasteiger partial charge in [0.15, 0.2) is 0 Å². The molecule has 1 aromatic heterocycles. The van der Waals surface area contributed by atoms with Gasteiger partial charge in [-0.05, 0) is 36.3 Å². The molecule has 1 aromatic carbocycles. The van der Waals surface area contributed by atoms with Gasteiger partial charge in [-0.15, -0.1) is 0 Å². The number of aromatic amines is 1. The Morgan fingerprint density at radius 3 is 3.00 bits per heavy atom. The van der Waals surface area contributed by atoms with Gasteiger partial charge in [-0.3, -0.25) is 14.3 Å². The lowest BCUT2D eigenvalue weighted by Gasteiger charge is -2.19. The second-order valence-electron chi connectivity index (χ2n) is 5.02. The Morgan fingerprint density at radius 2 is 2.19 bits per heavy atom. The van der Waals surface area contributed by atoms with Crippen molar-refractivity contribution in [2.75, 3.05) is 5.75 Å². The van der Waals surface area contributed by atoms with Crippen molar-refractivity contribution in [2.45, 2.75) is 25.1 Å². The minimum absolute atomic E-state index is 0.221. The zero-order chi connectivity index (χ0) is 14.8. The van der Waals surface area contributed by atoms with Crippen molar-refractivity contribution in [3.8, 4) is 0 Å². The first-order chi connectivity index (χ1) is 10.1. The molecule has 1 aliphatic rings. The van der Waals surface area contributed by atoms with E-state index in [9.17, 15) is 9.59 Å². The summed E-state index contributed by atoms with van der Waals surface area (Å²) in [5.41, 5.74) is 2.33. The Balaban J connectivity index is 1.92. The lowest BCUT2D eigenvalue weighted by Crippen LogP contribution is -2.37. The van der Waals surface area contributed by atoms with Crippen molar-refractivity contribution in [1.82, 2.24) is 9.55 Å². The molecule has 21 heavy (non-hydrogen) atoms. The van der Waals surface area contributed by atoms with Crippen LogP contribution in [0.3, 0.4) is 0 Å². The molecule has 0 saturated carbocycles. The summed E-state index contributed by atoms with van der Waals surface area (Å²) < 4.78 is 2.77. The standard InChI is InChI=1S/C15H15BrN2O2S/c16-11-3-1-2-10(8-11)4-6-18-13-5-7-21-9-12(13)14(19)17-15(18)20/h1-3,8H,4-7,9H2,(H,17,19,20). The molecule has 110 valence electrons. The van der Waals surface area contributed by atoms with Gasteiger partial charge in [-0.25, -0.2) is 4.79 Å². The number of aryl methyl sites for hydroxylation is 1. The molecule has 0 saturated heterocycles. The van der Waals surface area contributed by atoms with Crippen LogP contribution in [0.2, 0.25) is 0 Å². The molecule has 0 fully saturated rings. The Bertz CT molecular complexity index is 782. The predicted molar refractivity (Wildman–Crippen MR) is 89.0 cm³/mol. The van der Waals surface area contributed by atoms with Crippen LogP contribution < -0.4 is 11.2 Å². The zero-order valence-electron chi connectivity index (χ0n) is 11.4. The van der Waals surface area contributed by atoms with E-state index in [0.29, 0.717) is 12.3 Å². The molecule has 4 nitrogen and oxygen atoms in total. The van der Waals surface area contributed by atoms with E-state index in [-0.39, 0.29) is 11.2 Å². The fraction of sp³-hybridized carbons (Fsp3) is 0.333. The van der Waals surface area contributed by atoms with Gasteiger partial charge in [-0.1, -0.05) is 28.1 Å². The minimum Gasteiger partial charge on any atom is -0.297 e. The van der Waals surface area contributed by atoms with E-state index in [1.807, 2.05) is 18.2 Å². The second kappa shape index (κ2) is 6.23. The van der Waals surface area contributed by atoms with E-state index < -0.39 is 0 Å². The summed E-state index contributed by atoms with van der Waals surface area (Å²) in [5, 5.41) is 0. The van der Waals surface area contributed by atoms with Crippen LogP contribution in [-0.2, 0) is 25.1 Å². The van der Waals surface area contributed by atoms with Crippen LogP contribution in [0.15, 0.2) is 38.3 Å². The van der Waals surface area contributed by atoms with Crippen molar-refractivity contribution in [1.29, 1.82) is 0 Å². The molecular weight excluding hydrogens is 352 g/mol. The molecule has 0 atom stereocenters. The SMILES string of the molecule is O=c1[nH]c(=O)n(CCc2cccc(Br)c2)c2c1CSCC2. The molecule has 6 heteroatoms. The smallest absolute Gasteiger partial charge is 0.297 e. The first kappa shape index (κ1) is 14.7. The van der Waals surface area contributed by atoms with Crippen LogP contribution in [0.5, 0.6) is 0 Å². The van der Waals surface area contributed by atoms with Crippen molar-refractivity contribution < 1.29 is 0 Å². The molecule has 0 radical (unpaired) electrons. The van der Waals surface area contributed by atoms with Gasteiger partial charge < -0.3 is 0 Å². The highest BCUT2D eigenvalue weighted by Crippen LogP contribution is 2.21. The third-order valence-corrected chi connectivity index (χ3v) is 5.14. The van der Waals surface area contributed by atoms with Gasteiger partial charge in [0.25, 0.3) is 5.56 Å². The van der Waals surface area contributed by atoms with Gasteiger partial charge in [0, 0.05) is 28.0 Å². The number of thioether (sulfide) groups is 1. The van der Waals surface area contributed by atoms with Gasteiger partial charge >= 0.3 is 5.69 Å². The molecule has 1 aliphatic heterocycles. The van der Waals surface area contributed by atoms with E-state index in [4.69, 9.17) is 0 Å². The van der Waals surface area contributed by atoms with Crippen LogP contribution in [0.25, 0.3) is 0 Å². The number of aromatic nitrogens is 2. The quantitative estimate of drug-likeness (QED) is 0.906. The number of hydrogen-bond donors (Lipinski definition) is 1. The molecule has 1 N–H and O–H groups in total. The number of rotatable bonds is 3. The lowest BCUT2D eigenvalue weighted by atomic mass is 10.1. The van der Waals surface area contributed by atoms with Crippen LogP contribution >= 0.6 is 27.7 Å². The first-order valence-corrected chi connectivity index (χ1v) is 8.77. The summed E-state index contributed by atoms with van der Waals surface area (Å²) in [6.45, 7) is 0.596. The Morgan fingerprint density at radius 1 is 1.33 bits per heavy atom. The average Bonchev–Trinajstić information content (AvgIpc) is 2.47. The van der Waals surface area contributed by atoms with Gasteiger partial charge in [-0.2, -0.15) is 11.8 Å². The number of fused-ring (bicyclic) bond motifs is 1. The van der Waals surface area contributed by atoms with Crippen LogP contribution in [0.1, 0.15) is 16.8 Å². The molecule has 0 unspecified atom stereocenters. The lowest BCUT2D eigenvalue weighted by molar-refractivity contribution is 0.604. The van der Waals surface area contributed by atoms with E-state index in [1.165, 1.54) is 5.56 Å². The van der Waals surface area contributed by atoms with Crippen LogP contribution in [0, 0.1) is 0 Å². The highest BCUT2D eigenvalue weighted by Gasteiger charge is 2.18. The predicted octanol–water partition coefficient (Wildman–Crippen LogP) is 2.33. The summed E-state index contributed by atoms with van der Waals surface area (Å²) in [4.78, 5) is 26.4. The number of benzene rings is 1. The fourth-order valence-electron chi connectivity index (χ4n) is 2.60. The normalized spacial score (nSPS) is 14.0. The molecule has 0 aliphatic carbocycles. The Kier molecular flexibility index (Phi) is 4.35. The van der Waals surface area contributed by atoms with Gasteiger partial charge in [0.05, 0.1) is 0 Å². The summed E-state index contributed by atoms with van der Waals surface area (Å²) in [5.74, 6) is 1.66. The molecule has 0 spiro atoms. The first-order valence-electron chi connectivity index (χ1n) is 6.82. The minimum atomic E-state index is -0.291. The zero-order valence-corrected chi connectivity index (χ0v) is 13.8. The highest BCUT2D eigenvalue weighted by atomic mass is 79.9. The van der Waals surface area contributed by atoms with Crippen molar-refractivity contribution >= 4 is 27.7 Å². The number of nitrogens with zero attached hydrogens (tertiary/aromatic N) is 1. The maximum Gasteiger partial charge on any atom is 0.328 e. The molecule has 2 heterocycles. The summed E-state index contributed by atoms with van der Waals surface area (Å²) in [6, 6.07) is 8.07. The van der Waals surface area contributed by atoms with E-state index in [1.54, 1.807) is 16.3 Å². The number of halogens is 1. The largest absolute Gasteiger partial charge is 0.328 e. The molecule has 0 bridgehead atoms. The molecule has 3 rings (SSSR count). The maximum absolute atomic E-state index is 12.1. The highest BCUT2D eigenvalue weighted by molar-refractivity contribution is 9.10. The third-order valence-electron chi connectivity index (χ3n) is 3.66. The fourth-order valence-corrected chi connectivity index (χ4v) is 4.03. The number of hydrogen-bond acceptors (Lipinski definition) is 3. The van der Waals surface area contributed by atoms with E-state index in [2.05, 4.69) is 27.0 Å². The van der Waals surface area contributed by atoms with Gasteiger partial charge in [0.1, 0.15) is 0 Å². The average molecular weight is 367 g/mol. The number of nitrogens with one attached hydrogen (secondary N) is 1. The summed E-state index contributed by atoms with van der Waals surface area (Å²) >= 11 is 5.19. The third kappa shape index (κ3) is 3.16. The molecule has 0 amide bonds. The second-order valence-corrected chi connectivity index (χ2v) is 7.04. The van der Waals surface area contributed by atoms with Crippen LogP contribution in [-0.4, -0.2) is 15.3 Å². The van der Waals surface area contributed by atoms with E-state index in [0.717, 1.165) is 34.3 Å². The summed E-state index contributed by atoms with van der Waals surface area (Å²) in [6.07, 6.45) is 1.56. The monoisotopic (exact) mass is 366 g/mol. The van der Waals surface area contributed by atoms with Gasteiger partial charge in [0.2, 0.25) is 0 Å². The summed E-state index contributed by atoms with van der Waals surface area (Å²) in [7, 11) is 0. The maximum atomic E-state index is 12.1. The van der Waals surface area contributed by atoms with Crippen molar-refractivity contribution in [2.24, 2.45) is 0 Å². The van der Waals surface area contributed by atoms with E-state index >= 15 is 0 Å². The Labute approximate surface area is 134 Å². The molecular formula is C15H15BrN2O2S. The topological polar surface area (TPSA) is 54.9 Å². The Hall–Kier alpha value is -1.27.